The summed E-state index contributed by atoms with van der Waals surface area (Å²) in [5.41, 5.74) is 8.07. The molecule has 0 bridgehead atoms. The van der Waals surface area contributed by atoms with Crippen molar-refractivity contribution in [1.82, 2.24) is 35.4 Å². The number of primary amides is 1. The van der Waals surface area contributed by atoms with Crippen LogP contribution in [0.4, 0.5) is 30.0 Å². The van der Waals surface area contributed by atoms with Crippen molar-refractivity contribution in [2.45, 2.75) is 70.1 Å². The number of rotatable bonds is 11. The van der Waals surface area contributed by atoms with Gasteiger partial charge < -0.3 is 40.1 Å². The van der Waals surface area contributed by atoms with E-state index in [4.69, 9.17) is 19.8 Å². The van der Waals surface area contributed by atoms with Crippen molar-refractivity contribution < 1.29 is 47.2 Å². The topological polar surface area (TPSA) is 238 Å². The molecule has 68 heavy (non-hydrogen) atoms. The first-order valence-corrected chi connectivity index (χ1v) is 22.4. The van der Waals surface area contributed by atoms with E-state index < -0.39 is 18.1 Å². The minimum atomic E-state index is -1.04. The maximum Gasteiger partial charge on any atom is 0.407 e. The Bertz CT molecular complexity index is 2820. The molecular weight excluding hydrogens is 883 g/mol. The number of halogens is 2. The molecule has 2 aliphatic heterocycles. The maximum atomic E-state index is 13.4. The van der Waals surface area contributed by atoms with Crippen molar-refractivity contribution in [3.63, 3.8) is 0 Å². The van der Waals surface area contributed by atoms with E-state index in [1.807, 2.05) is 24.3 Å². The Morgan fingerprint density at radius 2 is 1.28 bits per heavy atom. The van der Waals surface area contributed by atoms with Gasteiger partial charge in [0, 0.05) is 74.6 Å². The number of carbonyl (C=O) groups is 4. The van der Waals surface area contributed by atoms with Crippen molar-refractivity contribution in [3.05, 3.63) is 120 Å². The van der Waals surface area contributed by atoms with Gasteiger partial charge in [0.1, 0.15) is 23.3 Å². The van der Waals surface area contributed by atoms with Crippen molar-refractivity contribution in [1.29, 1.82) is 0 Å². The third-order valence-corrected chi connectivity index (χ3v) is 14.0. The molecule has 6 heterocycles. The smallest absolute Gasteiger partial charge is 0.407 e. The number of hydrogen-bond acceptors (Lipinski definition) is 12. The number of anilines is 2. The van der Waals surface area contributed by atoms with Gasteiger partial charge in [-0.2, -0.15) is 0 Å². The fourth-order valence-electron chi connectivity index (χ4n) is 10.2. The number of nitrogens with one attached hydrogen (secondary N) is 1. The molecule has 2 spiro atoms. The summed E-state index contributed by atoms with van der Waals surface area (Å²) in [5.74, 6) is 0.759. The lowest BCUT2D eigenvalue weighted by Crippen LogP contribution is -2.56. The highest BCUT2D eigenvalue weighted by molar-refractivity contribution is 5.92. The summed E-state index contributed by atoms with van der Waals surface area (Å²) in [6, 6.07) is 21.3. The van der Waals surface area contributed by atoms with Gasteiger partial charge in [-0.25, -0.2) is 28.3 Å². The molecule has 4 aromatic heterocycles. The maximum absolute atomic E-state index is 13.4. The number of amides is 4. The summed E-state index contributed by atoms with van der Waals surface area (Å²) in [6.07, 6.45) is 5.74. The van der Waals surface area contributed by atoms with Gasteiger partial charge in [0.15, 0.2) is 22.9 Å². The van der Waals surface area contributed by atoms with Crippen LogP contribution in [0.3, 0.4) is 0 Å². The summed E-state index contributed by atoms with van der Waals surface area (Å²) < 4.78 is 36.8. The molecule has 6 aromatic rings. The van der Waals surface area contributed by atoms with E-state index in [2.05, 4.69) is 30.4 Å². The third-order valence-electron chi connectivity index (χ3n) is 14.0. The van der Waals surface area contributed by atoms with E-state index in [1.54, 1.807) is 24.4 Å². The summed E-state index contributed by atoms with van der Waals surface area (Å²) in [4.78, 5) is 63.2. The number of hydrogen-bond donors (Lipinski definition) is 4. The van der Waals surface area contributed by atoms with Gasteiger partial charge in [-0.05, 0) is 116 Å². The van der Waals surface area contributed by atoms with Crippen LogP contribution in [0.25, 0.3) is 22.0 Å². The molecule has 4 fully saturated rings. The van der Waals surface area contributed by atoms with Gasteiger partial charge in [0.25, 0.3) is 11.8 Å². The lowest BCUT2D eigenvalue weighted by Gasteiger charge is -2.54. The second-order valence-corrected chi connectivity index (χ2v) is 18.3. The third kappa shape index (κ3) is 9.61. The van der Waals surface area contributed by atoms with E-state index in [1.165, 1.54) is 53.2 Å². The van der Waals surface area contributed by atoms with E-state index in [9.17, 15) is 38.2 Å². The second-order valence-electron chi connectivity index (χ2n) is 18.3. The van der Waals surface area contributed by atoms with Crippen LogP contribution in [0.2, 0.25) is 0 Å². The Balaban J connectivity index is 0.000000170. The zero-order chi connectivity index (χ0) is 47.7. The fourth-order valence-corrected chi connectivity index (χ4v) is 10.2. The number of fused-ring (bicyclic) bond motifs is 1. The Morgan fingerprint density at radius 3 is 1.87 bits per heavy atom. The average molecular weight is 933 g/mol. The van der Waals surface area contributed by atoms with Crippen LogP contribution >= 0.6 is 0 Å². The fraction of sp³-hybridized carbons (Fsp3) is 0.375. The van der Waals surface area contributed by atoms with E-state index in [0.717, 1.165) is 105 Å². The number of nitrogens with zero attached hydrogens (tertiary/aromatic N) is 8. The number of aromatic nitrogens is 4. The molecule has 2 saturated heterocycles. The van der Waals surface area contributed by atoms with Crippen LogP contribution in [-0.2, 0) is 13.1 Å². The summed E-state index contributed by atoms with van der Waals surface area (Å²) in [7, 11) is 1.50. The van der Waals surface area contributed by atoms with Crippen LogP contribution in [0.15, 0.2) is 94.1 Å². The average Bonchev–Trinajstić information content (AvgIpc) is 4.10. The van der Waals surface area contributed by atoms with E-state index >= 15 is 0 Å². The molecule has 354 valence electrons. The number of nitrogens with two attached hydrogens (primary N) is 1. The Labute approximate surface area is 388 Å². The number of carboxylic acid groups (broad SMARTS) is 2. The van der Waals surface area contributed by atoms with E-state index in [-0.39, 0.29) is 70.7 Å². The molecule has 4 aliphatic rings. The minimum absolute atomic E-state index is 0.0187. The molecule has 2 aliphatic carbocycles. The van der Waals surface area contributed by atoms with Gasteiger partial charge in [-0.3, -0.25) is 19.4 Å². The van der Waals surface area contributed by atoms with Gasteiger partial charge in [0.05, 0.1) is 18.6 Å². The predicted molar refractivity (Wildman–Crippen MR) is 243 cm³/mol. The van der Waals surface area contributed by atoms with Crippen LogP contribution < -0.4 is 20.9 Å². The zero-order valence-corrected chi connectivity index (χ0v) is 37.2. The summed E-state index contributed by atoms with van der Waals surface area (Å²) in [6.45, 7) is 3.44. The van der Waals surface area contributed by atoms with Crippen LogP contribution in [-0.4, -0.2) is 110 Å². The number of piperidine rings is 1. The molecule has 2 aromatic carbocycles. The lowest BCUT2D eigenvalue weighted by molar-refractivity contribution is -0.0149. The highest BCUT2D eigenvalue weighted by Crippen LogP contribution is 2.52. The largest absolute Gasteiger partial charge is 0.465 e. The SMILES string of the molecule is CNC(=O)c1cc(CN(C(=O)O)C2CC3(CCN(c4ccc5cc(F)ccc5n4)CC3)C2)on1.NC(=O)c1cc(CN(C(=O)O)C2CC3(CCN(c4ccc(-c5ccc(F)cc5)cn4)C3)C2)on1. The Kier molecular flexibility index (Phi) is 12.4. The van der Waals surface area contributed by atoms with Gasteiger partial charge in [-0.15, -0.1) is 0 Å². The first-order valence-electron chi connectivity index (χ1n) is 22.4. The molecule has 0 unspecified atom stereocenters. The molecular formula is C48H50F2N10O8. The van der Waals surface area contributed by atoms with Gasteiger partial charge in [0.2, 0.25) is 0 Å². The van der Waals surface area contributed by atoms with Crippen LogP contribution in [0.5, 0.6) is 0 Å². The Morgan fingerprint density at radius 1 is 0.721 bits per heavy atom. The zero-order valence-electron chi connectivity index (χ0n) is 37.2. The molecule has 0 radical (unpaired) electrons. The van der Waals surface area contributed by atoms with Gasteiger partial charge in [-0.1, -0.05) is 22.4 Å². The van der Waals surface area contributed by atoms with Crippen LogP contribution in [0.1, 0.15) is 77.4 Å². The summed E-state index contributed by atoms with van der Waals surface area (Å²) in [5, 5.41) is 30.0. The normalized spacial score (nSPS) is 18.1. The standard InChI is InChI=1S/C24H26FN5O4.C24H24FN5O4/c1-26-22(31)20-11-18(34-28-20)14-30(23(32)33)17-12-24(13-17)6-8-29(9-7-24)21-5-2-15-10-16(25)3-4-19(15)27-21;25-17-4-1-15(2-5-17)16-3-6-21(27-12-16)29-8-7-24(14-29)10-18(11-24)30(23(32)33)13-19-9-20(22(26)31)28-34-19/h2-5,10-11,17H,6-9,12-14H2,1H3,(H,26,31)(H,32,33);1-6,9,12,18H,7-8,10-11,13-14H2,(H2,26,31)(H,32,33). The molecule has 0 atom stereocenters. The second kappa shape index (κ2) is 18.6. The van der Waals surface area contributed by atoms with Crippen molar-refractivity contribution >= 4 is 46.5 Å². The van der Waals surface area contributed by atoms with Crippen molar-refractivity contribution in [3.8, 4) is 11.1 Å². The molecule has 20 heteroatoms. The summed E-state index contributed by atoms with van der Waals surface area (Å²) >= 11 is 0. The van der Waals surface area contributed by atoms with Crippen molar-refractivity contribution in [2.24, 2.45) is 16.6 Å². The highest BCUT2D eigenvalue weighted by atomic mass is 19.1. The van der Waals surface area contributed by atoms with Gasteiger partial charge >= 0.3 is 12.2 Å². The Hall–Kier alpha value is -7.64. The molecule has 4 amide bonds. The quantitative estimate of drug-likeness (QED) is 0.101. The number of benzene rings is 2. The first kappa shape index (κ1) is 45.5. The van der Waals surface area contributed by atoms with E-state index in [0.29, 0.717) is 5.76 Å². The lowest BCUT2D eigenvalue weighted by atomic mass is 9.60. The highest BCUT2D eigenvalue weighted by Gasteiger charge is 2.52. The molecule has 2 saturated carbocycles. The molecule has 5 N–H and O–H groups in total. The predicted octanol–water partition coefficient (Wildman–Crippen LogP) is 7.16. The monoisotopic (exact) mass is 932 g/mol. The number of carbonyl (C=O) groups excluding carboxylic acids is 2. The molecule has 10 rings (SSSR count). The minimum Gasteiger partial charge on any atom is -0.465 e. The number of pyridine rings is 2. The molecule has 18 nitrogen and oxygen atoms in total. The van der Waals surface area contributed by atoms with Crippen LogP contribution in [0, 0.1) is 22.5 Å². The van der Waals surface area contributed by atoms with Crippen molar-refractivity contribution in [2.75, 3.05) is 43.0 Å². The first-order chi connectivity index (χ1) is 32.7.